The zero-order valence-corrected chi connectivity index (χ0v) is 19.8. The fourth-order valence-electron chi connectivity index (χ4n) is 3.45. The molecule has 2 rings (SSSR count). The monoisotopic (exact) mass is 504 g/mol. The molecule has 28 heavy (non-hydrogen) atoms. The number of nitrogens with one attached hydrogen (secondary N) is 2. The van der Waals surface area contributed by atoms with Gasteiger partial charge in [0, 0.05) is 25.7 Å². The molecule has 0 radical (unpaired) electrons. The molecule has 2 atom stereocenters. The van der Waals surface area contributed by atoms with Crippen LogP contribution in [0.4, 0.5) is 0 Å². The van der Waals surface area contributed by atoms with Crippen molar-refractivity contribution >= 4 is 29.9 Å². The van der Waals surface area contributed by atoms with Crippen LogP contribution in [0.25, 0.3) is 0 Å². The fourth-order valence-corrected chi connectivity index (χ4v) is 3.45. The highest BCUT2D eigenvalue weighted by molar-refractivity contribution is 14.0. The van der Waals surface area contributed by atoms with E-state index in [9.17, 15) is 5.11 Å². The van der Waals surface area contributed by atoms with Crippen LogP contribution in [-0.2, 0) is 0 Å². The molecule has 6 nitrogen and oxygen atoms in total. The highest BCUT2D eigenvalue weighted by Gasteiger charge is 2.17. The predicted octanol–water partition coefficient (Wildman–Crippen LogP) is 3.17. The van der Waals surface area contributed by atoms with E-state index in [0.717, 1.165) is 43.3 Å². The van der Waals surface area contributed by atoms with Crippen molar-refractivity contribution in [1.82, 2.24) is 15.5 Å². The molecule has 0 saturated carbocycles. The van der Waals surface area contributed by atoms with Crippen molar-refractivity contribution in [3.05, 3.63) is 29.8 Å². The molecule has 0 aromatic heterocycles. The highest BCUT2D eigenvalue weighted by Crippen LogP contribution is 2.19. The van der Waals surface area contributed by atoms with Gasteiger partial charge in [-0.05, 0) is 57.4 Å². The van der Waals surface area contributed by atoms with Crippen LogP contribution in [0.2, 0.25) is 0 Å². The van der Waals surface area contributed by atoms with Crippen LogP contribution in [0, 0.1) is 0 Å². The second-order valence-electron chi connectivity index (χ2n) is 7.17. The average molecular weight is 504 g/mol. The van der Waals surface area contributed by atoms with Gasteiger partial charge in [-0.3, -0.25) is 4.99 Å². The molecule has 1 aromatic rings. The Morgan fingerprint density at radius 2 is 2.18 bits per heavy atom. The number of piperidine rings is 1. The van der Waals surface area contributed by atoms with Crippen molar-refractivity contribution in [1.29, 1.82) is 0 Å². The summed E-state index contributed by atoms with van der Waals surface area (Å²) in [7, 11) is 1.63. The van der Waals surface area contributed by atoms with E-state index in [1.807, 2.05) is 31.2 Å². The lowest BCUT2D eigenvalue weighted by molar-refractivity contribution is 0.159. The molecule has 1 heterocycles. The molecule has 2 unspecified atom stereocenters. The Balaban J connectivity index is 0.00000392. The maximum absolute atomic E-state index is 10.4. The van der Waals surface area contributed by atoms with Crippen LogP contribution < -0.4 is 15.4 Å². The third-order valence-corrected chi connectivity index (χ3v) is 5.10. The summed E-state index contributed by atoms with van der Waals surface area (Å²) in [5.74, 6) is 1.50. The summed E-state index contributed by atoms with van der Waals surface area (Å²) in [6.45, 7) is 8.71. The molecule has 1 fully saturated rings. The summed E-state index contributed by atoms with van der Waals surface area (Å²) in [5, 5.41) is 17.0. The molecule has 7 heteroatoms. The van der Waals surface area contributed by atoms with E-state index in [2.05, 4.69) is 27.4 Å². The number of methoxy groups -OCH3 is 1. The van der Waals surface area contributed by atoms with Gasteiger partial charge in [-0.25, -0.2) is 0 Å². The highest BCUT2D eigenvalue weighted by atomic mass is 127. The van der Waals surface area contributed by atoms with Gasteiger partial charge < -0.3 is 25.4 Å². The minimum atomic E-state index is -0.648. The summed E-state index contributed by atoms with van der Waals surface area (Å²) < 4.78 is 5.22. The van der Waals surface area contributed by atoms with Gasteiger partial charge in [-0.2, -0.15) is 0 Å². The van der Waals surface area contributed by atoms with Gasteiger partial charge in [-0.1, -0.05) is 18.6 Å². The Morgan fingerprint density at radius 3 is 2.89 bits per heavy atom. The first kappa shape index (κ1) is 25.0. The predicted molar refractivity (Wildman–Crippen MR) is 127 cm³/mol. The molecule has 160 valence electrons. The molecule has 1 aliphatic heterocycles. The summed E-state index contributed by atoms with van der Waals surface area (Å²) in [5.41, 5.74) is 0.813. The number of guanidine groups is 1. The first-order valence-corrected chi connectivity index (χ1v) is 10.2. The third kappa shape index (κ3) is 8.53. The first-order valence-electron chi connectivity index (χ1n) is 10.2. The Morgan fingerprint density at radius 1 is 1.36 bits per heavy atom. The van der Waals surface area contributed by atoms with E-state index in [0.29, 0.717) is 12.6 Å². The smallest absolute Gasteiger partial charge is 0.191 e. The van der Waals surface area contributed by atoms with Crippen molar-refractivity contribution < 1.29 is 9.84 Å². The van der Waals surface area contributed by atoms with E-state index in [-0.39, 0.29) is 24.0 Å². The first-order chi connectivity index (χ1) is 13.1. The Labute approximate surface area is 187 Å². The summed E-state index contributed by atoms with van der Waals surface area (Å²) in [6, 6.07) is 8.20. The number of hydrogen-bond acceptors (Lipinski definition) is 4. The minimum Gasteiger partial charge on any atom is -0.497 e. The van der Waals surface area contributed by atoms with Crippen LogP contribution in [0.15, 0.2) is 29.3 Å². The van der Waals surface area contributed by atoms with Crippen molar-refractivity contribution in [2.45, 2.75) is 51.7 Å². The standard InChI is InChI=1S/C21H36N4O2.HI/c1-4-22-21(23-12-8-14-25-13-6-5-9-17(25)2)24-16-20(26)18-10-7-11-19(15-18)27-3;/h7,10-11,15,17,20,26H,4-6,8-9,12-14,16H2,1-3H3,(H2,22,23,24);1H. The summed E-state index contributed by atoms with van der Waals surface area (Å²) >= 11 is 0. The summed E-state index contributed by atoms with van der Waals surface area (Å²) in [4.78, 5) is 7.12. The molecule has 3 N–H and O–H groups in total. The quantitative estimate of drug-likeness (QED) is 0.209. The molecular formula is C21H37IN4O2. The number of aliphatic hydroxyl groups excluding tert-OH is 1. The van der Waals surface area contributed by atoms with E-state index >= 15 is 0 Å². The normalized spacial score (nSPS) is 18.9. The number of ether oxygens (including phenoxy) is 1. The molecular weight excluding hydrogens is 467 g/mol. The van der Waals surface area contributed by atoms with E-state index in [1.165, 1.54) is 25.8 Å². The van der Waals surface area contributed by atoms with Crippen LogP contribution >= 0.6 is 24.0 Å². The van der Waals surface area contributed by atoms with Crippen LogP contribution in [0.1, 0.15) is 51.2 Å². The number of aliphatic hydroxyl groups is 1. The van der Waals surface area contributed by atoms with E-state index in [4.69, 9.17) is 4.74 Å². The fraction of sp³-hybridized carbons (Fsp3) is 0.667. The number of nitrogens with zero attached hydrogens (tertiary/aromatic N) is 2. The number of hydrogen-bond donors (Lipinski definition) is 3. The largest absolute Gasteiger partial charge is 0.497 e. The van der Waals surface area contributed by atoms with Gasteiger partial charge in [0.05, 0.1) is 19.8 Å². The maximum Gasteiger partial charge on any atom is 0.191 e. The van der Waals surface area contributed by atoms with Gasteiger partial charge in [0.2, 0.25) is 0 Å². The van der Waals surface area contributed by atoms with Crippen LogP contribution in [0.3, 0.4) is 0 Å². The summed E-state index contributed by atoms with van der Waals surface area (Å²) in [6.07, 6.45) is 4.45. The number of aliphatic imine (C=N–C) groups is 1. The Kier molecular flexibility index (Phi) is 12.5. The molecule has 1 aliphatic rings. The zero-order chi connectivity index (χ0) is 19.5. The molecule has 1 aromatic carbocycles. The molecule has 0 bridgehead atoms. The van der Waals surface area contributed by atoms with Crippen LogP contribution in [0.5, 0.6) is 5.75 Å². The minimum absolute atomic E-state index is 0. The number of halogens is 1. The zero-order valence-electron chi connectivity index (χ0n) is 17.5. The van der Waals surface area contributed by atoms with Crippen LogP contribution in [-0.4, -0.2) is 61.8 Å². The van der Waals surface area contributed by atoms with E-state index < -0.39 is 6.10 Å². The SMILES string of the molecule is CCNC(=NCC(O)c1cccc(OC)c1)NCCCN1CCCCC1C.I. The molecule has 0 spiro atoms. The van der Waals surface area contributed by atoms with Crippen molar-refractivity contribution in [3.8, 4) is 5.75 Å². The average Bonchev–Trinajstić information content (AvgIpc) is 2.70. The molecule has 0 aliphatic carbocycles. The number of rotatable bonds is 9. The van der Waals surface area contributed by atoms with Gasteiger partial charge in [0.25, 0.3) is 0 Å². The number of benzene rings is 1. The lowest BCUT2D eigenvalue weighted by Gasteiger charge is -2.33. The Hall–Kier alpha value is -1.06. The Bertz CT molecular complexity index is 585. The van der Waals surface area contributed by atoms with Crippen molar-refractivity contribution in [2.75, 3.05) is 39.8 Å². The molecule has 0 amide bonds. The van der Waals surface area contributed by atoms with Crippen molar-refractivity contribution in [2.24, 2.45) is 4.99 Å². The van der Waals surface area contributed by atoms with Gasteiger partial charge in [0.15, 0.2) is 5.96 Å². The maximum atomic E-state index is 10.4. The van der Waals surface area contributed by atoms with E-state index in [1.54, 1.807) is 7.11 Å². The van der Waals surface area contributed by atoms with Crippen molar-refractivity contribution in [3.63, 3.8) is 0 Å². The van der Waals surface area contributed by atoms with Gasteiger partial charge in [0.1, 0.15) is 5.75 Å². The third-order valence-electron chi connectivity index (χ3n) is 5.10. The topological polar surface area (TPSA) is 69.1 Å². The van der Waals surface area contributed by atoms with Gasteiger partial charge in [-0.15, -0.1) is 24.0 Å². The second kappa shape index (κ2) is 14.0. The van der Waals surface area contributed by atoms with Gasteiger partial charge >= 0.3 is 0 Å². The molecule has 1 saturated heterocycles. The second-order valence-corrected chi connectivity index (χ2v) is 7.17. The number of likely N-dealkylation sites (tertiary alicyclic amines) is 1. The lowest BCUT2D eigenvalue weighted by Crippen LogP contribution is -2.41. The lowest BCUT2D eigenvalue weighted by atomic mass is 10.0.